The monoisotopic (exact) mass is 375 g/mol. The van der Waals surface area contributed by atoms with Crippen molar-refractivity contribution in [2.75, 3.05) is 22.2 Å². The fourth-order valence-corrected chi connectivity index (χ4v) is 3.08. The van der Waals surface area contributed by atoms with Crippen molar-refractivity contribution in [3.05, 3.63) is 77.2 Å². The number of hydrogen-bond donors (Lipinski definition) is 3. The Morgan fingerprint density at radius 2 is 1.93 bits per heavy atom. The molecule has 2 aromatic carbocycles. The molecule has 4 rings (SSSR count). The van der Waals surface area contributed by atoms with E-state index in [9.17, 15) is 4.79 Å². The van der Waals surface area contributed by atoms with Crippen LogP contribution in [-0.2, 0) is 6.42 Å². The van der Waals surface area contributed by atoms with Gasteiger partial charge in [-0.3, -0.25) is 0 Å². The molecule has 1 aromatic heterocycles. The number of carbonyl (C=O) groups excluding carboxylic acids is 1. The van der Waals surface area contributed by atoms with Gasteiger partial charge >= 0.3 is 6.03 Å². The van der Waals surface area contributed by atoms with Crippen LogP contribution in [0.2, 0.25) is 0 Å². The average molecular weight is 375 g/mol. The molecule has 0 radical (unpaired) electrons. The Bertz CT molecular complexity index is 1120. The van der Waals surface area contributed by atoms with Crippen LogP contribution in [0.25, 0.3) is 5.82 Å². The van der Waals surface area contributed by atoms with Crippen LogP contribution >= 0.6 is 0 Å². The molecule has 1 aliphatic rings. The van der Waals surface area contributed by atoms with E-state index in [4.69, 9.17) is 10.2 Å². The Balaban J connectivity index is 1.44. The molecule has 0 spiro atoms. The lowest BCUT2D eigenvalue weighted by atomic mass is 10.1. The van der Waals surface area contributed by atoms with Crippen molar-refractivity contribution in [3.8, 4) is 0 Å². The van der Waals surface area contributed by atoms with Crippen molar-refractivity contribution in [1.82, 2.24) is 0 Å². The van der Waals surface area contributed by atoms with E-state index in [-0.39, 0.29) is 6.03 Å². The summed E-state index contributed by atoms with van der Waals surface area (Å²) < 4.78 is 5.29. The number of amides is 2. The summed E-state index contributed by atoms with van der Waals surface area (Å²) in [7, 11) is 0. The van der Waals surface area contributed by atoms with Gasteiger partial charge in [0.2, 0.25) is 5.55 Å². The molecule has 3 aromatic rings. The summed E-state index contributed by atoms with van der Waals surface area (Å²) in [5.41, 5.74) is 10.3. The Morgan fingerprint density at radius 3 is 2.71 bits per heavy atom. The third kappa shape index (κ3) is 3.55. The van der Waals surface area contributed by atoms with Crippen LogP contribution in [0.4, 0.5) is 21.9 Å². The largest absolute Gasteiger partial charge is 0.446 e. The number of nitrogens with zero attached hydrogens (tertiary/aromatic N) is 2. The number of furan rings is 1. The molecule has 1 aliphatic heterocycles. The Labute approximate surface area is 162 Å². The maximum atomic E-state index is 12.2. The van der Waals surface area contributed by atoms with Crippen LogP contribution in [0.1, 0.15) is 12.5 Å². The smallest absolute Gasteiger partial charge is 0.323 e. The molecule has 0 saturated heterocycles. The molecule has 2 amide bonds. The second kappa shape index (κ2) is 7.48. The van der Waals surface area contributed by atoms with Gasteiger partial charge in [0.1, 0.15) is 12.5 Å². The van der Waals surface area contributed by atoms with Crippen molar-refractivity contribution >= 4 is 28.9 Å². The number of carbonyl (C=O) groups is 1. The summed E-state index contributed by atoms with van der Waals surface area (Å²) in [6.07, 6.45) is 2.49. The van der Waals surface area contributed by atoms with Crippen molar-refractivity contribution in [2.24, 2.45) is 10.7 Å². The summed E-state index contributed by atoms with van der Waals surface area (Å²) in [6, 6.07) is 16.7. The van der Waals surface area contributed by atoms with Gasteiger partial charge in [0.25, 0.3) is 0 Å². The van der Waals surface area contributed by atoms with Gasteiger partial charge < -0.3 is 25.7 Å². The molecule has 0 fully saturated rings. The number of aryl methyl sites for hydroxylation is 1. The molecule has 0 unspecified atom stereocenters. The third-order valence-electron chi connectivity index (χ3n) is 4.60. The van der Waals surface area contributed by atoms with Gasteiger partial charge in [-0.15, -0.1) is 0 Å². The first-order valence-electron chi connectivity index (χ1n) is 9.06. The standard InChI is InChI=1S/C21H21N5O2/c1-2-14-4-3-5-16(12-14)25-21(27)24-15-6-8-17(9-7-15)26-13-23-20-18(19(26)22)10-11-28-20/h3-12H,2,13,22H2,1H3,(H2,24,25,27). The molecular formula is C21H21N5O2. The summed E-state index contributed by atoms with van der Waals surface area (Å²) in [5, 5.41) is 6.46. The molecule has 28 heavy (non-hydrogen) atoms. The molecule has 0 bridgehead atoms. The minimum Gasteiger partial charge on any atom is -0.446 e. The Kier molecular flexibility index (Phi) is 4.72. The predicted molar refractivity (Wildman–Crippen MR) is 109 cm³/mol. The SMILES string of the molecule is CCc1cccc(NC(=O)Nc2ccc(N3CN=c4occc4=C3N)cc2)c1. The Hall–Kier alpha value is -3.74. The van der Waals surface area contributed by atoms with Crippen LogP contribution in [0.3, 0.4) is 0 Å². The normalized spacial score (nSPS) is 12.9. The number of anilines is 3. The maximum Gasteiger partial charge on any atom is 0.323 e. The van der Waals surface area contributed by atoms with Gasteiger partial charge in [0, 0.05) is 17.1 Å². The first-order chi connectivity index (χ1) is 13.6. The van der Waals surface area contributed by atoms with Gasteiger partial charge in [0.05, 0.1) is 11.5 Å². The van der Waals surface area contributed by atoms with Crippen LogP contribution in [0.5, 0.6) is 0 Å². The zero-order chi connectivity index (χ0) is 19.5. The van der Waals surface area contributed by atoms with Crippen LogP contribution in [0.15, 0.2) is 70.3 Å². The van der Waals surface area contributed by atoms with E-state index in [1.54, 1.807) is 12.3 Å². The van der Waals surface area contributed by atoms with Gasteiger partial charge in [-0.1, -0.05) is 19.1 Å². The topological polar surface area (TPSA) is 95.9 Å². The fourth-order valence-electron chi connectivity index (χ4n) is 3.08. The lowest BCUT2D eigenvalue weighted by molar-refractivity contribution is 0.262. The highest BCUT2D eigenvalue weighted by Gasteiger charge is 2.15. The number of nitrogens with two attached hydrogens (primary N) is 1. The minimum absolute atomic E-state index is 0.289. The summed E-state index contributed by atoms with van der Waals surface area (Å²) >= 11 is 0. The first kappa shape index (κ1) is 17.7. The third-order valence-corrected chi connectivity index (χ3v) is 4.60. The lowest BCUT2D eigenvalue weighted by Crippen LogP contribution is -2.42. The van der Waals surface area contributed by atoms with E-state index in [0.717, 1.165) is 23.0 Å². The molecule has 2 heterocycles. The minimum atomic E-state index is -0.289. The fraction of sp³-hybridized carbons (Fsp3) is 0.143. The molecule has 0 saturated carbocycles. The van der Waals surface area contributed by atoms with Crippen LogP contribution in [-0.4, -0.2) is 12.7 Å². The lowest BCUT2D eigenvalue weighted by Gasteiger charge is -2.24. The van der Waals surface area contributed by atoms with Gasteiger partial charge in [-0.25, -0.2) is 9.79 Å². The van der Waals surface area contributed by atoms with E-state index in [2.05, 4.69) is 22.5 Å². The van der Waals surface area contributed by atoms with E-state index in [1.165, 1.54) is 5.56 Å². The average Bonchev–Trinajstić information content (AvgIpc) is 3.19. The van der Waals surface area contributed by atoms with Gasteiger partial charge in [-0.2, -0.15) is 0 Å². The van der Waals surface area contributed by atoms with Crippen molar-refractivity contribution in [1.29, 1.82) is 0 Å². The molecule has 4 N–H and O–H groups in total. The maximum absolute atomic E-state index is 12.2. The quantitative estimate of drug-likeness (QED) is 0.653. The molecule has 7 heteroatoms. The number of rotatable bonds is 4. The van der Waals surface area contributed by atoms with Crippen LogP contribution < -0.4 is 32.0 Å². The van der Waals surface area contributed by atoms with Crippen molar-refractivity contribution in [2.45, 2.75) is 13.3 Å². The highest BCUT2D eigenvalue weighted by Crippen LogP contribution is 2.21. The summed E-state index contributed by atoms with van der Waals surface area (Å²) in [4.78, 5) is 18.5. The number of fused-ring (bicyclic) bond motifs is 1. The van der Waals surface area contributed by atoms with E-state index < -0.39 is 0 Å². The van der Waals surface area contributed by atoms with Crippen molar-refractivity contribution < 1.29 is 9.21 Å². The molecule has 7 nitrogen and oxygen atoms in total. The second-order valence-corrected chi connectivity index (χ2v) is 6.43. The molecular weight excluding hydrogens is 354 g/mol. The van der Waals surface area contributed by atoms with Gasteiger partial charge in [0.15, 0.2) is 0 Å². The molecule has 142 valence electrons. The van der Waals surface area contributed by atoms with E-state index in [1.807, 2.05) is 53.4 Å². The Morgan fingerprint density at radius 1 is 1.14 bits per heavy atom. The zero-order valence-corrected chi connectivity index (χ0v) is 15.5. The van der Waals surface area contributed by atoms with Crippen LogP contribution in [0, 0.1) is 0 Å². The summed E-state index contributed by atoms with van der Waals surface area (Å²) in [6.45, 7) is 2.46. The second-order valence-electron chi connectivity index (χ2n) is 6.43. The highest BCUT2D eigenvalue weighted by atomic mass is 16.3. The predicted octanol–water partition coefficient (Wildman–Crippen LogP) is 2.61. The first-order valence-corrected chi connectivity index (χ1v) is 9.06. The number of urea groups is 1. The number of hydrogen-bond acceptors (Lipinski definition) is 5. The van der Waals surface area contributed by atoms with Gasteiger partial charge in [-0.05, 0) is 54.4 Å². The zero-order valence-electron chi connectivity index (χ0n) is 15.5. The number of benzene rings is 2. The summed E-state index contributed by atoms with van der Waals surface area (Å²) in [5.74, 6) is 0.591. The van der Waals surface area contributed by atoms with E-state index in [0.29, 0.717) is 23.7 Å². The van der Waals surface area contributed by atoms with E-state index >= 15 is 0 Å². The molecule has 0 atom stereocenters. The van der Waals surface area contributed by atoms with Crippen molar-refractivity contribution in [3.63, 3.8) is 0 Å². The molecule has 0 aliphatic carbocycles. The number of nitrogens with one attached hydrogen (secondary N) is 2. The highest BCUT2D eigenvalue weighted by molar-refractivity contribution is 5.99.